The molecule has 0 spiro atoms. The summed E-state index contributed by atoms with van der Waals surface area (Å²) in [4.78, 5) is 11.8. The first-order chi connectivity index (χ1) is 9.08. The second-order valence-electron chi connectivity index (χ2n) is 4.21. The molecule has 0 heterocycles. The van der Waals surface area contributed by atoms with Crippen molar-refractivity contribution in [3.8, 4) is 5.75 Å². The number of methoxy groups -OCH3 is 2. The molecule has 1 atom stereocenters. The molecule has 0 aliphatic rings. The van der Waals surface area contributed by atoms with Crippen LogP contribution in [0.5, 0.6) is 5.75 Å². The van der Waals surface area contributed by atoms with E-state index in [-0.39, 0.29) is 5.91 Å². The number of amides is 1. The predicted molar refractivity (Wildman–Crippen MR) is 73.7 cm³/mol. The Kier molecular flexibility index (Phi) is 6.32. The summed E-state index contributed by atoms with van der Waals surface area (Å²) < 4.78 is 15.5. The summed E-state index contributed by atoms with van der Waals surface area (Å²) in [5, 5.41) is 2.79. The lowest BCUT2D eigenvalue weighted by atomic mass is 10.2. The summed E-state index contributed by atoms with van der Waals surface area (Å²) in [7, 11) is 3.11. The molecule has 0 aromatic heterocycles. The third-order valence-corrected chi connectivity index (χ3v) is 2.66. The molecule has 0 saturated heterocycles. The molecular formula is C14H21NO4. The van der Waals surface area contributed by atoms with Crippen molar-refractivity contribution in [3.63, 3.8) is 0 Å². The molecule has 0 saturated carbocycles. The van der Waals surface area contributed by atoms with Crippen molar-refractivity contribution in [2.45, 2.75) is 20.0 Å². The summed E-state index contributed by atoms with van der Waals surface area (Å²) in [6.07, 6.45) is -0.506. The van der Waals surface area contributed by atoms with Crippen molar-refractivity contribution in [1.29, 1.82) is 0 Å². The second-order valence-corrected chi connectivity index (χ2v) is 4.21. The van der Waals surface area contributed by atoms with Crippen LogP contribution < -0.4 is 10.1 Å². The summed E-state index contributed by atoms with van der Waals surface area (Å²) >= 11 is 0. The Hall–Kier alpha value is -1.59. The molecule has 1 N–H and O–H groups in total. The highest BCUT2D eigenvalue weighted by atomic mass is 16.5. The number of ether oxygens (including phenoxy) is 3. The molecule has 106 valence electrons. The standard InChI is InChI=1S/C14H21NO4/c1-10-5-6-12(15-14(16)11(2)18-4)13(9-10)19-8-7-17-3/h5-6,9,11H,7-8H2,1-4H3,(H,15,16). The molecule has 1 aromatic carbocycles. The van der Waals surface area contributed by atoms with Crippen LogP contribution in [0.15, 0.2) is 18.2 Å². The summed E-state index contributed by atoms with van der Waals surface area (Å²) in [5.41, 5.74) is 1.70. The molecule has 0 radical (unpaired) electrons. The average molecular weight is 267 g/mol. The first-order valence-electron chi connectivity index (χ1n) is 6.14. The van der Waals surface area contributed by atoms with E-state index in [1.807, 2.05) is 25.1 Å². The normalized spacial score (nSPS) is 12.0. The molecule has 5 nitrogen and oxygen atoms in total. The number of carbonyl (C=O) groups excluding carboxylic acids is 1. The predicted octanol–water partition coefficient (Wildman–Crippen LogP) is 1.99. The number of nitrogens with one attached hydrogen (secondary N) is 1. The minimum Gasteiger partial charge on any atom is -0.489 e. The summed E-state index contributed by atoms with van der Waals surface area (Å²) in [5.74, 6) is 0.427. The molecular weight excluding hydrogens is 246 g/mol. The minimum atomic E-state index is -0.506. The third kappa shape index (κ3) is 4.89. The third-order valence-electron chi connectivity index (χ3n) is 2.66. The zero-order chi connectivity index (χ0) is 14.3. The van der Waals surface area contributed by atoms with Gasteiger partial charge in [0.1, 0.15) is 18.5 Å². The molecule has 0 fully saturated rings. The first-order valence-corrected chi connectivity index (χ1v) is 6.14. The highest BCUT2D eigenvalue weighted by Crippen LogP contribution is 2.26. The molecule has 1 rings (SSSR count). The van der Waals surface area contributed by atoms with Crippen molar-refractivity contribution in [3.05, 3.63) is 23.8 Å². The fourth-order valence-corrected chi connectivity index (χ4v) is 1.43. The van der Waals surface area contributed by atoms with E-state index in [4.69, 9.17) is 14.2 Å². The van der Waals surface area contributed by atoms with Gasteiger partial charge in [-0.05, 0) is 31.5 Å². The Morgan fingerprint density at radius 1 is 1.32 bits per heavy atom. The fraction of sp³-hybridized carbons (Fsp3) is 0.500. The van der Waals surface area contributed by atoms with Gasteiger partial charge in [-0.3, -0.25) is 4.79 Å². The lowest BCUT2D eigenvalue weighted by Gasteiger charge is -2.15. The van der Waals surface area contributed by atoms with Crippen LogP contribution in [0.2, 0.25) is 0 Å². The Morgan fingerprint density at radius 3 is 2.68 bits per heavy atom. The maximum atomic E-state index is 11.8. The lowest BCUT2D eigenvalue weighted by molar-refractivity contribution is -0.124. The van der Waals surface area contributed by atoms with Gasteiger partial charge < -0.3 is 19.5 Å². The van der Waals surface area contributed by atoms with Gasteiger partial charge >= 0.3 is 0 Å². The number of anilines is 1. The Morgan fingerprint density at radius 2 is 2.05 bits per heavy atom. The van der Waals surface area contributed by atoms with Gasteiger partial charge in [-0.1, -0.05) is 6.07 Å². The number of rotatable bonds is 7. The number of benzene rings is 1. The van der Waals surface area contributed by atoms with E-state index in [0.29, 0.717) is 24.7 Å². The van der Waals surface area contributed by atoms with Crippen LogP contribution in [0.3, 0.4) is 0 Å². The molecule has 0 aliphatic carbocycles. The van der Waals surface area contributed by atoms with Gasteiger partial charge in [-0.2, -0.15) is 0 Å². The van der Waals surface area contributed by atoms with Gasteiger partial charge in [0.25, 0.3) is 5.91 Å². The summed E-state index contributed by atoms with van der Waals surface area (Å²) in [6, 6.07) is 5.61. The van der Waals surface area contributed by atoms with Crippen LogP contribution in [0.1, 0.15) is 12.5 Å². The Balaban J connectivity index is 2.78. The number of hydrogen-bond donors (Lipinski definition) is 1. The van der Waals surface area contributed by atoms with E-state index >= 15 is 0 Å². The van der Waals surface area contributed by atoms with Gasteiger partial charge in [-0.15, -0.1) is 0 Å². The largest absolute Gasteiger partial charge is 0.489 e. The van der Waals surface area contributed by atoms with Crippen LogP contribution >= 0.6 is 0 Å². The van der Waals surface area contributed by atoms with Crippen LogP contribution in [-0.4, -0.2) is 39.4 Å². The molecule has 5 heteroatoms. The van der Waals surface area contributed by atoms with Gasteiger partial charge in [-0.25, -0.2) is 0 Å². The molecule has 1 aromatic rings. The van der Waals surface area contributed by atoms with Gasteiger partial charge in [0.05, 0.1) is 12.3 Å². The number of carbonyl (C=O) groups is 1. The minimum absolute atomic E-state index is 0.206. The Labute approximate surface area is 113 Å². The van der Waals surface area contributed by atoms with Crippen LogP contribution in [0, 0.1) is 6.92 Å². The van der Waals surface area contributed by atoms with Crippen molar-refractivity contribution in [2.75, 3.05) is 32.8 Å². The van der Waals surface area contributed by atoms with E-state index in [0.717, 1.165) is 5.56 Å². The van der Waals surface area contributed by atoms with Crippen LogP contribution in [0.4, 0.5) is 5.69 Å². The SMILES string of the molecule is COCCOc1cc(C)ccc1NC(=O)C(C)OC. The number of hydrogen-bond acceptors (Lipinski definition) is 4. The van der Waals surface area contributed by atoms with E-state index < -0.39 is 6.10 Å². The highest BCUT2D eigenvalue weighted by molar-refractivity contribution is 5.95. The fourth-order valence-electron chi connectivity index (χ4n) is 1.43. The number of aryl methyl sites for hydroxylation is 1. The average Bonchev–Trinajstić information content (AvgIpc) is 2.40. The van der Waals surface area contributed by atoms with E-state index in [2.05, 4.69) is 5.32 Å². The van der Waals surface area contributed by atoms with Gasteiger partial charge in [0.15, 0.2) is 0 Å². The van der Waals surface area contributed by atoms with E-state index in [1.54, 1.807) is 14.0 Å². The molecule has 19 heavy (non-hydrogen) atoms. The quantitative estimate of drug-likeness (QED) is 0.768. The molecule has 0 bridgehead atoms. The van der Waals surface area contributed by atoms with Gasteiger partial charge in [0, 0.05) is 14.2 Å². The zero-order valence-corrected chi connectivity index (χ0v) is 11.9. The Bertz CT molecular complexity index is 420. The van der Waals surface area contributed by atoms with Crippen molar-refractivity contribution in [1.82, 2.24) is 0 Å². The van der Waals surface area contributed by atoms with Crippen LogP contribution in [-0.2, 0) is 14.3 Å². The van der Waals surface area contributed by atoms with E-state index in [1.165, 1.54) is 7.11 Å². The molecule has 0 aliphatic heterocycles. The molecule has 1 amide bonds. The maximum Gasteiger partial charge on any atom is 0.253 e. The summed E-state index contributed by atoms with van der Waals surface area (Å²) in [6.45, 7) is 4.58. The smallest absolute Gasteiger partial charge is 0.253 e. The van der Waals surface area contributed by atoms with Gasteiger partial charge in [0.2, 0.25) is 0 Å². The topological polar surface area (TPSA) is 56.8 Å². The van der Waals surface area contributed by atoms with Crippen molar-refractivity contribution in [2.24, 2.45) is 0 Å². The zero-order valence-electron chi connectivity index (χ0n) is 11.9. The highest BCUT2D eigenvalue weighted by Gasteiger charge is 2.14. The molecule has 1 unspecified atom stereocenters. The van der Waals surface area contributed by atoms with E-state index in [9.17, 15) is 4.79 Å². The van der Waals surface area contributed by atoms with Crippen molar-refractivity contribution >= 4 is 11.6 Å². The van der Waals surface area contributed by atoms with Crippen LogP contribution in [0.25, 0.3) is 0 Å². The maximum absolute atomic E-state index is 11.8. The first kappa shape index (κ1) is 15.5. The van der Waals surface area contributed by atoms with Crippen molar-refractivity contribution < 1.29 is 19.0 Å². The monoisotopic (exact) mass is 267 g/mol. The second kappa shape index (κ2) is 7.76. The lowest BCUT2D eigenvalue weighted by Crippen LogP contribution is -2.26.